The molecule has 0 saturated carbocycles. The Labute approximate surface area is 153 Å². The molecule has 2 heterocycles. The van der Waals surface area contributed by atoms with Gasteiger partial charge in [-0.25, -0.2) is 13.4 Å². The van der Waals surface area contributed by atoms with E-state index in [1.54, 1.807) is 34.4 Å². The van der Waals surface area contributed by atoms with Gasteiger partial charge in [-0.15, -0.1) is 11.8 Å². The molecule has 1 aliphatic heterocycles. The summed E-state index contributed by atoms with van der Waals surface area (Å²) in [7, 11) is -3.51. The summed E-state index contributed by atoms with van der Waals surface area (Å²) in [6.45, 7) is 4.60. The van der Waals surface area contributed by atoms with Gasteiger partial charge in [-0.2, -0.15) is 4.31 Å². The monoisotopic (exact) mass is 380 g/mol. The normalized spacial score (nSPS) is 19.8. The van der Waals surface area contributed by atoms with Gasteiger partial charge in [0.05, 0.1) is 4.90 Å². The maximum atomic E-state index is 13.1. The number of benzene rings is 1. The van der Waals surface area contributed by atoms with E-state index in [-0.39, 0.29) is 6.04 Å². The average molecular weight is 381 g/mol. The quantitative estimate of drug-likeness (QED) is 0.767. The third kappa shape index (κ3) is 3.98. The molecule has 0 radical (unpaired) electrons. The van der Waals surface area contributed by atoms with Crippen molar-refractivity contribution in [1.82, 2.24) is 14.6 Å². The predicted molar refractivity (Wildman–Crippen MR) is 102 cm³/mol. The summed E-state index contributed by atoms with van der Waals surface area (Å²) in [4.78, 5) is 4.73. The first-order valence-electron chi connectivity index (χ1n) is 8.48. The maximum Gasteiger partial charge on any atom is 0.243 e. The average Bonchev–Trinajstić information content (AvgIpc) is 2.84. The highest BCUT2D eigenvalue weighted by atomic mass is 32.2. The largest absolute Gasteiger partial charge is 0.330 e. The van der Waals surface area contributed by atoms with Crippen LogP contribution in [0, 0.1) is 0 Å². The van der Waals surface area contributed by atoms with Gasteiger partial charge in [-0.05, 0) is 43.5 Å². The zero-order valence-electron chi connectivity index (χ0n) is 14.3. The molecule has 0 bridgehead atoms. The number of aromatic nitrogens is 1. The molecular weight excluding hydrogens is 356 g/mol. The van der Waals surface area contributed by atoms with Crippen molar-refractivity contribution >= 4 is 32.6 Å². The van der Waals surface area contributed by atoms with Crippen molar-refractivity contribution in [3.8, 4) is 0 Å². The second kappa shape index (κ2) is 8.01. The molecule has 6 nitrogen and oxygen atoms in total. The second-order valence-corrected chi connectivity index (χ2v) is 9.13. The number of hydrogen-bond acceptors (Lipinski definition) is 6. The van der Waals surface area contributed by atoms with E-state index in [0.717, 1.165) is 34.5 Å². The Morgan fingerprint density at radius 3 is 3.04 bits per heavy atom. The Morgan fingerprint density at radius 2 is 2.24 bits per heavy atom. The van der Waals surface area contributed by atoms with Crippen LogP contribution in [-0.4, -0.2) is 55.7 Å². The molecule has 1 aromatic carbocycles. The van der Waals surface area contributed by atoms with Gasteiger partial charge < -0.3 is 11.1 Å². The molecule has 1 atom stereocenters. The van der Waals surface area contributed by atoms with Crippen LogP contribution in [0.1, 0.15) is 13.3 Å². The van der Waals surface area contributed by atoms with Crippen molar-refractivity contribution in [2.45, 2.75) is 29.3 Å². The summed E-state index contributed by atoms with van der Waals surface area (Å²) in [5, 5.41) is 6.02. The lowest BCUT2D eigenvalue weighted by atomic mass is 10.2. The third-order valence-electron chi connectivity index (χ3n) is 4.33. The molecule has 1 aromatic heterocycles. The Kier molecular flexibility index (Phi) is 5.96. The van der Waals surface area contributed by atoms with Gasteiger partial charge in [0.1, 0.15) is 5.03 Å². The minimum atomic E-state index is -3.51. The van der Waals surface area contributed by atoms with E-state index in [9.17, 15) is 8.42 Å². The van der Waals surface area contributed by atoms with Gasteiger partial charge in [0.15, 0.2) is 0 Å². The van der Waals surface area contributed by atoms with E-state index in [2.05, 4.69) is 10.3 Å². The smallest absolute Gasteiger partial charge is 0.243 e. The molecule has 1 unspecified atom stereocenters. The minimum Gasteiger partial charge on any atom is -0.330 e. The summed E-state index contributed by atoms with van der Waals surface area (Å²) in [5.41, 5.74) is 5.57. The molecule has 1 aliphatic rings. The summed E-state index contributed by atoms with van der Waals surface area (Å²) < 4.78 is 27.8. The SMILES string of the molecule is CC1CNCCCN1S(=O)(=O)c1ccc2c(SCCN)nccc2c1. The van der Waals surface area contributed by atoms with Crippen LogP contribution in [0.5, 0.6) is 0 Å². The summed E-state index contributed by atoms with van der Waals surface area (Å²) >= 11 is 1.59. The molecule has 3 rings (SSSR count). The fourth-order valence-electron chi connectivity index (χ4n) is 3.04. The number of rotatable bonds is 5. The lowest BCUT2D eigenvalue weighted by Crippen LogP contribution is -2.41. The van der Waals surface area contributed by atoms with Crippen molar-refractivity contribution in [3.63, 3.8) is 0 Å². The Morgan fingerprint density at radius 1 is 1.40 bits per heavy atom. The van der Waals surface area contributed by atoms with Crippen LogP contribution in [0.15, 0.2) is 40.4 Å². The molecule has 1 fully saturated rings. The number of nitrogens with zero attached hydrogens (tertiary/aromatic N) is 2. The Hall–Kier alpha value is -1.19. The van der Waals surface area contributed by atoms with E-state index < -0.39 is 10.0 Å². The standard InChI is InChI=1S/C17H24N4O2S2/c1-13-12-19-7-2-9-21(13)25(22,23)15-3-4-16-14(11-15)5-8-20-17(16)24-10-6-18/h3-5,8,11,13,19H,2,6-7,9-10,12,18H2,1H3. The zero-order chi connectivity index (χ0) is 17.9. The molecular formula is C17H24N4O2S2. The minimum absolute atomic E-state index is 0.0590. The van der Waals surface area contributed by atoms with Crippen LogP contribution >= 0.6 is 11.8 Å². The molecule has 1 saturated heterocycles. The maximum absolute atomic E-state index is 13.1. The van der Waals surface area contributed by atoms with Gasteiger partial charge in [-0.3, -0.25) is 0 Å². The predicted octanol–water partition coefficient (Wildman–Crippen LogP) is 1.66. The first-order chi connectivity index (χ1) is 12.0. The third-order valence-corrected chi connectivity index (χ3v) is 7.37. The van der Waals surface area contributed by atoms with E-state index in [0.29, 0.717) is 24.5 Å². The van der Waals surface area contributed by atoms with Crippen LogP contribution in [-0.2, 0) is 10.0 Å². The van der Waals surface area contributed by atoms with Crippen LogP contribution in [0.2, 0.25) is 0 Å². The topological polar surface area (TPSA) is 88.3 Å². The Balaban J connectivity index is 1.98. The molecule has 25 heavy (non-hydrogen) atoms. The first-order valence-corrected chi connectivity index (χ1v) is 10.9. The van der Waals surface area contributed by atoms with Crippen molar-refractivity contribution in [2.75, 3.05) is 31.9 Å². The van der Waals surface area contributed by atoms with Gasteiger partial charge in [0, 0.05) is 43.0 Å². The molecule has 2 aromatic rings. The van der Waals surface area contributed by atoms with Crippen molar-refractivity contribution < 1.29 is 8.42 Å². The van der Waals surface area contributed by atoms with Crippen LogP contribution in [0.25, 0.3) is 10.8 Å². The van der Waals surface area contributed by atoms with Crippen molar-refractivity contribution in [1.29, 1.82) is 0 Å². The number of pyridine rings is 1. The molecule has 0 aliphatic carbocycles. The van der Waals surface area contributed by atoms with Gasteiger partial charge in [0.2, 0.25) is 10.0 Å². The Bertz CT molecular complexity index is 842. The molecule has 0 amide bonds. The van der Waals surface area contributed by atoms with Gasteiger partial charge in [-0.1, -0.05) is 6.07 Å². The van der Waals surface area contributed by atoms with Crippen LogP contribution in [0.3, 0.4) is 0 Å². The molecule has 3 N–H and O–H groups in total. The van der Waals surface area contributed by atoms with E-state index >= 15 is 0 Å². The van der Waals surface area contributed by atoms with E-state index in [1.165, 1.54) is 0 Å². The number of nitrogens with one attached hydrogen (secondary N) is 1. The van der Waals surface area contributed by atoms with E-state index in [1.807, 2.05) is 19.1 Å². The van der Waals surface area contributed by atoms with Gasteiger partial charge >= 0.3 is 0 Å². The molecule has 0 spiro atoms. The van der Waals surface area contributed by atoms with Crippen LogP contribution < -0.4 is 11.1 Å². The second-order valence-electron chi connectivity index (χ2n) is 6.16. The number of fused-ring (bicyclic) bond motifs is 1. The van der Waals surface area contributed by atoms with Crippen molar-refractivity contribution in [3.05, 3.63) is 30.5 Å². The highest BCUT2D eigenvalue weighted by molar-refractivity contribution is 7.99. The zero-order valence-corrected chi connectivity index (χ0v) is 15.9. The van der Waals surface area contributed by atoms with E-state index in [4.69, 9.17) is 5.73 Å². The number of nitrogens with two attached hydrogens (primary N) is 1. The number of hydrogen-bond donors (Lipinski definition) is 2. The molecule has 136 valence electrons. The van der Waals surface area contributed by atoms with Crippen molar-refractivity contribution in [2.24, 2.45) is 5.73 Å². The van der Waals surface area contributed by atoms with Crippen LogP contribution in [0.4, 0.5) is 0 Å². The first kappa shape index (κ1) is 18.6. The fraction of sp³-hybridized carbons (Fsp3) is 0.471. The van der Waals surface area contributed by atoms with Gasteiger partial charge in [0.25, 0.3) is 0 Å². The number of sulfonamides is 1. The summed E-state index contributed by atoms with van der Waals surface area (Å²) in [6, 6.07) is 7.10. The lowest BCUT2D eigenvalue weighted by molar-refractivity contribution is 0.353. The number of thioether (sulfide) groups is 1. The molecule has 8 heteroatoms. The summed E-state index contributed by atoms with van der Waals surface area (Å²) in [5.74, 6) is 0.782. The lowest BCUT2D eigenvalue weighted by Gasteiger charge is -2.26. The highest BCUT2D eigenvalue weighted by Crippen LogP contribution is 2.29. The summed E-state index contributed by atoms with van der Waals surface area (Å²) in [6.07, 6.45) is 2.54. The fourth-order valence-corrected chi connectivity index (χ4v) is 5.54. The highest BCUT2D eigenvalue weighted by Gasteiger charge is 2.30.